The van der Waals surface area contributed by atoms with Crippen LogP contribution in [-0.2, 0) is 6.54 Å². The summed E-state index contributed by atoms with van der Waals surface area (Å²) in [7, 11) is 1.54. The first kappa shape index (κ1) is 22.8. The van der Waals surface area contributed by atoms with E-state index in [1.165, 1.54) is 18.2 Å². The lowest BCUT2D eigenvalue weighted by Gasteiger charge is -2.38. The number of aryl methyl sites for hydroxylation is 1. The zero-order valence-corrected chi connectivity index (χ0v) is 18.9. The number of carbonyl (C=O) groups is 2. The molecule has 166 valence electrons. The number of rotatable bonds is 5. The maximum absolute atomic E-state index is 12.8. The molecular weight excluding hydrogens is 420 g/mol. The Kier molecular flexibility index (Phi) is 7.02. The van der Waals surface area contributed by atoms with E-state index in [2.05, 4.69) is 15.2 Å². The number of nitrogens with zero attached hydrogens (tertiary/aromatic N) is 3. The van der Waals surface area contributed by atoms with Gasteiger partial charge in [-0.25, -0.2) is 4.79 Å². The van der Waals surface area contributed by atoms with Crippen molar-refractivity contribution < 1.29 is 19.4 Å². The van der Waals surface area contributed by atoms with E-state index in [0.29, 0.717) is 53.9 Å². The normalized spacial score (nSPS) is 16.8. The number of anilines is 1. The minimum atomic E-state index is -0.890. The molecule has 1 fully saturated rings. The predicted octanol–water partition coefficient (Wildman–Crippen LogP) is 3.80. The van der Waals surface area contributed by atoms with Crippen molar-refractivity contribution in [3.8, 4) is 5.75 Å². The molecule has 1 aromatic carbocycles. The summed E-state index contributed by atoms with van der Waals surface area (Å²) in [6.45, 7) is 8.00. The van der Waals surface area contributed by atoms with Crippen LogP contribution < -0.4 is 10.1 Å². The number of carboxylic acid groups (broad SMARTS) is 1. The number of methoxy groups -OCH3 is 1. The molecule has 1 aliphatic rings. The van der Waals surface area contributed by atoms with Gasteiger partial charge < -0.3 is 20.1 Å². The topological polar surface area (TPSA) is 95.0 Å². The summed E-state index contributed by atoms with van der Waals surface area (Å²) in [5.74, 6) is 0.247. The van der Waals surface area contributed by atoms with Gasteiger partial charge in [0.1, 0.15) is 5.75 Å². The lowest BCUT2D eigenvalue weighted by molar-refractivity contribution is 0.0710. The van der Waals surface area contributed by atoms with E-state index in [1.54, 1.807) is 12.1 Å². The summed E-state index contributed by atoms with van der Waals surface area (Å²) < 4.78 is 5.25. The zero-order chi connectivity index (χ0) is 22.7. The summed E-state index contributed by atoms with van der Waals surface area (Å²) in [6.07, 6.45) is 0.621. The Bertz CT molecular complexity index is 998. The van der Waals surface area contributed by atoms with E-state index in [-0.39, 0.29) is 11.9 Å². The molecule has 1 aliphatic heterocycles. The van der Waals surface area contributed by atoms with Crippen molar-refractivity contribution in [1.82, 2.24) is 14.8 Å². The van der Waals surface area contributed by atoms with E-state index >= 15 is 0 Å². The molecule has 8 nitrogen and oxygen atoms in total. The minimum absolute atomic E-state index is 0.0890. The van der Waals surface area contributed by atoms with Gasteiger partial charge >= 0.3 is 6.09 Å². The van der Waals surface area contributed by atoms with Gasteiger partial charge in [-0.1, -0.05) is 11.6 Å². The van der Waals surface area contributed by atoms with Crippen LogP contribution in [0.2, 0.25) is 5.02 Å². The molecule has 9 heteroatoms. The fourth-order valence-corrected chi connectivity index (χ4v) is 4.01. The second kappa shape index (κ2) is 9.53. The van der Waals surface area contributed by atoms with E-state index in [9.17, 15) is 14.7 Å². The molecule has 2 N–H and O–H groups in total. The Morgan fingerprint density at radius 2 is 2.03 bits per heavy atom. The third-order valence-corrected chi connectivity index (χ3v) is 5.82. The first-order chi connectivity index (χ1) is 14.7. The van der Waals surface area contributed by atoms with Gasteiger partial charge in [-0.3, -0.25) is 14.7 Å². The predicted molar refractivity (Wildman–Crippen MR) is 119 cm³/mol. The summed E-state index contributed by atoms with van der Waals surface area (Å²) in [5.41, 5.74) is 3.63. The van der Waals surface area contributed by atoms with Gasteiger partial charge in [-0.05, 0) is 50.1 Å². The minimum Gasteiger partial charge on any atom is -0.495 e. The molecular formula is C22H27ClN4O4. The average Bonchev–Trinajstić information content (AvgIpc) is 2.71. The molecule has 3 rings (SSSR count). The summed E-state index contributed by atoms with van der Waals surface area (Å²) in [6, 6.07) is 5.18. The molecule has 1 saturated heterocycles. The summed E-state index contributed by atoms with van der Waals surface area (Å²) >= 11 is 6.34. The van der Waals surface area contributed by atoms with E-state index in [1.807, 2.05) is 26.8 Å². The van der Waals surface area contributed by atoms with Gasteiger partial charge in [0.25, 0.3) is 5.91 Å². The molecule has 1 unspecified atom stereocenters. The smallest absolute Gasteiger partial charge is 0.407 e. The van der Waals surface area contributed by atoms with E-state index in [4.69, 9.17) is 16.3 Å². The number of benzene rings is 1. The van der Waals surface area contributed by atoms with Crippen LogP contribution in [0.25, 0.3) is 0 Å². The maximum atomic E-state index is 12.8. The Labute approximate surface area is 186 Å². The van der Waals surface area contributed by atoms with Crippen LogP contribution >= 0.6 is 11.6 Å². The molecule has 0 aliphatic carbocycles. The molecule has 2 heterocycles. The van der Waals surface area contributed by atoms with Crippen molar-refractivity contribution in [2.75, 3.05) is 32.1 Å². The molecule has 1 atom stereocenters. The molecule has 0 bridgehead atoms. The standard InChI is InChI=1S/C22H27ClN4O4/c1-13-11-26(5-6-27(13)22(29)30)12-17-7-18(23)9-19(14(17)2)25-21(28)16-8-20(31-4)15(3)24-10-16/h7-10,13H,5-6,11-12H2,1-4H3,(H,25,28)(H,29,30). The van der Waals surface area contributed by atoms with Crippen LogP contribution in [0, 0.1) is 13.8 Å². The fraction of sp³-hybridized carbons (Fsp3) is 0.409. The third-order valence-electron chi connectivity index (χ3n) is 5.60. The van der Waals surface area contributed by atoms with Crippen molar-refractivity contribution in [2.24, 2.45) is 0 Å². The Morgan fingerprint density at radius 1 is 1.29 bits per heavy atom. The van der Waals surface area contributed by atoms with Crippen LogP contribution in [0.3, 0.4) is 0 Å². The van der Waals surface area contributed by atoms with Crippen LogP contribution in [0.1, 0.15) is 34.1 Å². The van der Waals surface area contributed by atoms with Crippen molar-refractivity contribution in [3.05, 3.63) is 51.8 Å². The highest BCUT2D eigenvalue weighted by molar-refractivity contribution is 6.31. The fourth-order valence-electron chi connectivity index (χ4n) is 3.77. The number of piperazine rings is 1. The number of hydrogen-bond acceptors (Lipinski definition) is 5. The van der Waals surface area contributed by atoms with Crippen molar-refractivity contribution in [3.63, 3.8) is 0 Å². The Hall–Kier alpha value is -2.84. The monoisotopic (exact) mass is 446 g/mol. The van der Waals surface area contributed by atoms with E-state index in [0.717, 1.165) is 11.1 Å². The highest BCUT2D eigenvalue weighted by Crippen LogP contribution is 2.27. The number of aromatic nitrogens is 1. The van der Waals surface area contributed by atoms with Gasteiger partial charge in [0.2, 0.25) is 0 Å². The lowest BCUT2D eigenvalue weighted by atomic mass is 10.0. The largest absolute Gasteiger partial charge is 0.495 e. The van der Waals surface area contributed by atoms with E-state index < -0.39 is 6.09 Å². The first-order valence-electron chi connectivity index (χ1n) is 10.0. The first-order valence-corrected chi connectivity index (χ1v) is 10.4. The van der Waals surface area contributed by atoms with Gasteiger partial charge in [-0.15, -0.1) is 0 Å². The number of halogens is 1. The summed E-state index contributed by atoms with van der Waals surface area (Å²) in [5, 5.41) is 12.7. The molecule has 0 radical (unpaired) electrons. The molecule has 2 aromatic rings. The van der Waals surface area contributed by atoms with Crippen LogP contribution in [-0.4, -0.2) is 64.7 Å². The molecule has 0 saturated carbocycles. The van der Waals surface area contributed by atoms with Gasteiger partial charge in [0.05, 0.1) is 18.4 Å². The van der Waals surface area contributed by atoms with Gasteiger partial charge in [-0.2, -0.15) is 0 Å². The van der Waals surface area contributed by atoms with Crippen LogP contribution in [0.5, 0.6) is 5.75 Å². The average molecular weight is 447 g/mol. The van der Waals surface area contributed by atoms with Crippen LogP contribution in [0.4, 0.5) is 10.5 Å². The van der Waals surface area contributed by atoms with Crippen molar-refractivity contribution in [1.29, 1.82) is 0 Å². The quantitative estimate of drug-likeness (QED) is 0.725. The number of amides is 2. The zero-order valence-electron chi connectivity index (χ0n) is 18.1. The maximum Gasteiger partial charge on any atom is 0.407 e. The number of carbonyl (C=O) groups excluding carboxylic acids is 1. The number of hydrogen-bond donors (Lipinski definition) is 2. The van der Waals surface area contributed by atoms with Crippen LogP contribution in [0.15, 0.2) is 24.4 Å². The molecule has 0 spiro atoms. The van der Waals surface area contributed by atoms with Gasteiger partial charge in [0, 0.05) is 49.1 Å². The Balaban J connectivity index is 1.76. The highest BCUT2D eigenvalue weighted by atomic mass is 35.5. The second-order valence-electron chi connectivity index (χ2n) is 7.76. The van der Waals surface area contributed by atoms with Gasteiger partial charge in [0.15, 0.2) is 0 Å². The third kappa shape index (κ3) is 5.26. The number of nitrogens with one attached hydrogen (secondary N) is 1. The number of ether oxygens (including phenoxy) is 1. The molecule has 2 amide bonds. The number of pyridine rings is 1. The second-order valence-corrected chi connectivity index (χ2v) is 8.20. The lowest BCUT2D eigenvalue weighted by Crippen LogP contribution is -2.53. The highest BCUT2D eigenvalue weighted by Gasteiger charge is 2.27. The molecule has 1 aromatic heterocycles. The molecule has 31 heavy (non-hydrogen) atoms. The van der Waals surface area contributed by atoms with Crippen molar-refractivity contribution >= 4 is 29.3 Å². The summed E-state index contributed by atoms with van der Waals surface area (Å²) in [4.78, 5) is 31.9. The SMILES string of the molecule is COc1cc(C(=O)Nc2cc(Cl)cc(CN3CCN(C(=O)O)C(C)C3)c2C)cnc1C. The van der Waals surface area contributed by atoms with Crippen molar-refractivity contribution in [2.45, 2.75) is 33.4 Å². The Morgan fingerprint density at radius 3 is 2.68 bits per heavy atom.